The van der Waals surface area contributed by atoms with Gasteiger partial charge >= 0.3 is 0 Å². The maximum atomic E-state index is 11.3. The standard InChI is InChI=1S/C18H11N7O2/c26-25(27)15-9-5-4-8-13(15)16-21-18-14-10-20-24(12-6-2-1-3-7-12)17(14)19-11-23(18)22-16/h1-11H. The molecule has 3 aromatic heterocycles. The van der Waals surface area contributed by atoms with Gasteiger partial charge in [0.05, 0.1) is 27.8 Å². The van der Waals surface area contributed by atoms with Crippen molar-refractivity contribution >= 4 is 22.4 Å². The van der Waals surface area contributed by atoms with Gasteiger partial charge in [-0.3, -0.25) is 10.1 Å². The Balaban J connectivity index is 1.73. The molecule has 9 heteroatoms. The van der Waals surface area contributed by atoms with Crippen molar-refractivity contribution in [1.29, 1.82) is 0 Å². The summed E-state index contributed by atoms with van der Waals surface area (Å²) in [6.07, 6.45) is 3.20. The highest BCUT2D eigenvalue weighted by Crippen LogP contribution is 2.28. The van der Waals surface area contributed by atoms with Crippen molar-refractivity contribution in [1.82, 2.24) is 29.4 Å². The maximum Gasteiger partial charge on any atom is 0.280 e. The van der Waals surface area contributed by atoms with E-state index in [-0.39, 0.29) is 11.5 Å². The molecule has 0 aliphatic heterocycles. The van der Waals surface area contributed by atoms with Gasteiger partial charge in [-0.1, -0.05) is 30.3 Å². The van der Waals surface area contributed by atoms with E-state index in [1.54, 1.807) is 29.1 Å². The van der Waals surface area contributed by atoms with Crippen LogP contribution in [0.1, 0.15) is 0 Å². The van der Waals surface area contributed by atoms with E-state index in [2.05, 4.69) is 20.2 Å². The van der Waals surface area contributed by atoms with Gasteiger partial charge in [-0.25, -0.2) is 19.2 Å². The number of fused-ring (bicyclic) bond motifs is 3. The first kappa shape index (κ1) is 15.1. The molecule has 0 unspecified atom stereocenters. The molecule has 0 N–H and O–H groups in total. The molecule has 0 radical (unpaired) electrons. The van der Waals surface area contributed by atoms with Crippen LogP contribution in [0.25, 0.3) is 33.8 Å². The van der Waals surface area contributed by atoms with Crippen LogP contribution in [0.5, 0.6) is 0 Å². The fourth-order valence-corrected chi connectivity index (χ4v) is 3.01. The summed E-state index contributed by atoms with van der Waals surface area (Å²) < 4.78 is 3.22. The second kappa shape index (κ2) is 5.70. The van der Waals surface area contributed by atoms with Crippen molar-refractivity contribution in [2.24, 2.45) is 0 Å². The average molecular weight is 357 g/mol. The van der Waals surface area contributed by atoms with Crippen LogP contribution in [-0.4, -0.2) is 34.3 Å². The van der Waals surface area contributed by atoms with Gasteiger partial charge in [0, 0.05) is 6.07 Å². The highest BCUT2D eigenvalue weighted by Gasteiger charge is 2.20. The van der Waals surface area contributed by atoms with Gasteiger partial charge in [0.25, 0.3) is 5.69 Å². The van der Waals surface area contributed by atoms with Crippen LogP contribution in [0.15, 0.2) is 67.1 Å². The van der Waals surface area contributed by atoms with Crippen molar-refractivity contribution in [2.75, 3.05) is 0 Å². The monoisotopic (exact) mass is 357 g/mol. The SMILES string of the molecule is O=[N+]([O-])c1ccccc1-c1nc2c3cnn(-c4ccccc4)c3ncn2n1. The largest absolute Gasteiger partial charge is 0.280 e. The van der Waals surface area contributed by atoms with E-state index in [1.807, 2.05) is 30.3 Å². The molecule has 9 nitrogen and oxygen atoms in total. The van der Waals surface area contributed by atoms with Gasteiger partial charge in [0.2, 0.25) is 0 Å². The predicted molar refractivity (Wildman–Crippen MR) is 97.5 cm³/mol. The lowest BCUT2D eigenvalue weighted by Gasteiger charge is -2.01. The Kier molecular flexibility index (Phi) is 3.20. The van der Waals surface area contributed by atoms with Crippen LogP contribution in [0.4, 0.5) is 5.69 Å². The molecule has 130 valence electrons. The highest BCUT2D eigenvalue weighted by molar-refractivity contribution is 5.90. The summed E-state index contributed by atoms with van der Waals surface area (Å²) in [6.45, 7) is 0. The fraction of sp³-hybridized carbons (Fsp3) is 0. The zero-order valence-electron chi connectivity index (χ0n) is 13.8. The topological polar surface area (TPSA) is 104 Å². The number of aromatic nitrogens is 6. The lowest BCUT2D eigenvalue weighted by Crippen LogP contribution is -1.98. The van der Waals surface area contributed by atoms with Crippen LogP contribution < -0.4 is 0 Å². The molecule has 0 amide bonds. The molecule has 5 rings (SSSR count). The smallest absolute Gasteiger partial charge is 0.258 e. The lowest BCUT2D eigenvalue weighted by molar-refractivity contribution is -0.384. The molecule has 0 aliphatic rings. The minimum atomic E-state index is -0.442. The number of para-hydroxylation sites is 2. The Labute approximate surface area is 151 Å². The number of nitrogens with zero attached hydrogens (tertiary/aromatic N) is 7. The molecule has 3 heterocycles. The van der Waals surface area contributed by atoms with E-state index in [4.69, 9.17) is 0 Å². The van der Waals surface area contributed by atoms with Gasteiger partial charge < -0.3 is 0 Å². The van der Waals surface area contributed by atoms with Crippen LogP contribution in [0.3, 0.4) is 0 Å². The molecule has 0 bridgehead atoms. The molecule has 0 saturated carbocycles. The van der Waals surface area contributed by atoms with Crippen LogP contribution in [0.2, 0.25) is 0 Å². The molecule has 0 fully saturated rings. The van der Waals surface area contributed by atoms with Crippen LogP contribution >= 0.6 is 0 Å². The first-order valence-corrected chi connectivity index (χ1v) is 8.11. The summed E-state index contributed by atoms with van der Waals surface area (Å²) in [5.74, 6) is 0.268. The number of nitro benzene ring substituents is 1. The summed E-state index contributed by atoms with van der Waals surface area (Å²) in [5.41, 5.74) is 2.36. The van der Waals surface area contributed by atoms with Gasteiger partial charge in [0.15, 0.2) is 17.1 Å². The minimum absolute atomic E-state index is 0.0439. The summed E-state index contributed by atoms with van der Waals surface area (Å²) in [6, 6.07) is 16.0. The van der Waals surface area contributed by atoms with Gasteiger partial charge in [-0.15, -0.1) is 5.10 Å². The van der Waals surface area contributed by atoms with Crippen molar-refractivity contribution in [3.63, 3.8) is 0 Å². The normalized spacial score (nSPS) is 11.3. The molecular formula is C18H11N7O2. The highest BCUT2D eigenvalue weighted by atomic mass is 16.6. The molecular weight excluding hydrogens is 346 g/mol. The van der Waals surface area contributed by atoms with Gasteiger partial charge in [-0.2, -0.15) is 5.10 Å². The second-order valence-corrected chi connectivity index (χ2v) is 5.85. The van der Waals surface area contributed by atoms with Crippen LogP contribution in [0, 0.1) is 10.1 Å². The van der Waals surface area contributed by atoms with E-state index in [0.29, 0.717) is 22.2 Å². The molecule has 0 atom stereocenters. The number of hydrogen-bond acceptors (Lipinski definition) is 6. The molecule has 5 aromatic rings. The first-order chi connectivity index (χ1) is 13.2. The summed E-state index contributed by atoms with van der Waals surface area (Å²) in [4.78, 5) is 19.8. The molecule has 0 aliphatic carbocycles. The van der Waals surface area contributed by atoms with E-state index < -0.39 is 4.92 Å². The Morgan fingerprint density at radius 2 is 1.74 bits per heavy atom. The summed E-state index contributed by atoms with van der Waals surface area (Å²) in [5, 5.41) is 20.8. The maximum absolute atomic E-state index is 11.3. The van der Waals surface area contributed by atoms with Crippen molar-refractivity contribution in [3.8, 4) is 17.1 Å². The first-order valence-electron chi connectivity index (χ1n) is 8.11. The predicted octanol–water partition coefficient (Wildman–Crippen LogP) is 3.04. The Morgan fingerprint density at radius 3 is 2.56 bits per heavy atom. The van der Waals surface area contributed by atoms with Crippen molar-refractivity contribution < 1.29 is 4.92 Å². The molecule has 27 heavy (non-hydrogen) atoms. The quantitative estimate of drug-likeness (QED) is 0.363. The third-order valence-electron chi connectivity index (χ3n) is 4.25. The number of hydrogen-bond donors (Lipinski definition) is 0. The number of rotatable bonds is 3. The molecule has 2 aromatic carbocycles. The average Bonchev–Trinajstić information content (AvgIpc) is 3.32. The van der Waals surface area contributed by atoms with Gasteiger partial charge in [0.1, 0.15) is 6.33 Å². The van der Waals surface area contributed by atoms with E-state index in [9.17, 15) is 10.1 Å². The lowest BCUT2D eigenvalue weighted by atomic mass is 10.2. The van der Waals surface area contributed by atoms with Crippen molar-refractivity contribution in [3.05, 3.63) is 77.2 Å². The molecule has 0 spiro atoms. The van der Waals surface area contributed by atoms with E-state index in [1.165, 1.54) is 16.9 Å². The third kappa shape index (κ3) is 2.33. The third-order valence-corrected chi connectivity index (χ3v) is 4.25. The zero-order valence-corrected chi connectivity index (χ0v) is 13.8. The Bertz CT molecular complexity index is 1310. The van der Waals surface area contributed by atoms with Crippen molar-refractivity contribution in [2.45, 2.75) is 0 Å². The van der Waals surface area contributed by atoms with E-state index >= 15 is 0 Å². The minimum Gasteiger partial charge on any atom is -0.258 e. The fourth-order valence-electron chi connectivity index (χ4n) is 3.01. The zero-order chi connectivity index (χ0) is 18.4. The van der Waals surface area contributed by atoms with Gasteiger partial charge in [-0.05, 0) is 18.2 Å². The summed E-state index contributed by atoms with van der Waals surface area (Å²) >= 11 is 0. The Morgan fingerprint density at radius 1 is 0.963 bits per heavy atom. The second-order valence-electron chi connectivity index (χ2n) is 5.85. The van der Waals surface area contributed by atoms with Crippen LogP contribution in [-0.2, 0) is 0 Å². The number of benzene rings is 2. The Hall–Kier alpha value is -4.14. The summed E-state index contributed by atoms with van der Waals surface area (Å²) in [7, 11) is 0. The van der Waals surface area contributed by atoms with E-state index in [0.717, 1.165) is 5.69 Å². The molecule has 0 saturated heterocycles. The number of nitro groups is 1.